The van der Waals surface area contributed by atoms with Crippen LogP contribution in [0.1, 0.15) is 29.3 Å². The fourth-order valence-electron chi connectivity index (χ4n) is 1.46. The van der Waals surface area contributed by atoms with Crippen molar-refractivity contribution in [3.05, 3.63) is 33.8 Å². The van der Waals surface area contributed by atoms with E-state index in [1.54, 1.807) is 19.1 Å². The molecule has 0 spiro atoms. The minimum atomic E-state index is -0.523. The molecule has 3 nitrogen and oxygen atoms in total. The van der Waals surface area contributed by atoms with Crippen LogP contribution >= 0.6 is 27.5 Å². The standard InChI is InChI=1S/C12H12BrClO3/c1-2-17-11(15)7-6-8-9(12(14)16)4-3-5-10(8)13/h3-5H,2,6-7H2,1H3. The van der Waals surface area contributed by atoms with Crippen molar-refractivity contribution in [1.82, 2.24) is 0 Å². The fourth-order valence-corrected chi connectivity index (χ4v) is 2.20. The van der Waals surface area contributed by atoms with Gasteiger partial charge in [-0.1, -0.05) is 22.0 Å². The second-order valence-electron chi connectivity index (χ2n) is 3.34. The van der Waals surface area contributed by atoms with E-state index in [0.29, 0.717) is 18.6 Å². The molecule has 92 valence electrons. The topological polar surface area (TPSA) is 43.4 Å². The summed E-state index contributed by atoms with van der Waals surface area (Å²) in [5, 5.41) is -0.523. The Hall–Kier alpha value is -0.870. The van der Waals surface area contributed by atoms with Crippen molar-refractivity contribution in [1.29, 1.82) is 0 Å². The van der Waals surface area contributed by atoms with Gasteiger partial charge in [0, 0.05) is 16.5 Å². The van der Waals surface area contributed by atoms with Crippen molar-refractivity contribution in [3.63, 3.8) is 0 Å². The number of rotatable bonds is 5. The van der Waals surface area contributed by atoms with Gasteiger partial charge in [-0.2, -0.15) is 0 Å². The molecular weight excluding hydrogens is 307 g/mol. The largest absolute Gasteiger partial charge is 0.466 e. The zero-order valence-corrected chi connectivity index (χ0v) is 11.7. The molecule has 0 aliphatic rings. The molecule has 17 heavy (non-hydrogen) atoms. The second kappa shape index (κ2) is 6.77. The molecule has 0 aliphatic carbocycles. The molecule has 5 heteroatoms. The number of esters is 1. The molecule has 0 heterocycles. The monoisotopic (exact) mass is 318 g/mol. The van der Waals surface area contributed by atoms with Gasteiger partial charge in [0.05, 0.1) is 6.61 Å². The minimum absolute atomic E-state index is 0.230. The summed E-state index contributed by atoms with van der Waals surface area (Å²) in [4.78, 5) is 22.5. The molecule has 0 unspecified atom stereocenters. The third-order valence-electron chi connectivity index (χ3n) is 2.22. The summed E-state index contributed by atoms with van der Waals surface area (Å²) in [6, 6.07) is 5.18. The molecule has 1 rings (SSSR count). The third-order valence-corrected chi connectivity index (χ3v) is 3.16. The summed E-state index contributed by atoms with van der Waals surface area (Å²) >= 11 is 8.82. The molecule has 0 radical (unpaired) electrons. The molecule has 0 aromatic heterocycles. The van der Waals surface area contributed by atoms with Crippen LogP contribution < -0.4 is 0 Å². The highest BCUT2D eigenvalue weighted by Crippen LogP contribution is 2.23. The number of hydrogen-bond acceptors (Lipinski definition) is 3. The predicted molar refractivity (Wildman–Crippen MR) is 69.3 cm³/mol. The molecule has 0 bridgehead atoms. The van der Waals surface area contributed by atoms with Crippen molar-refractivity contribution < 1.29 is 14.3 Å². The first kappa shape index (κ1) is 14.2. The Balaban J connectivity index is 2.82. The predicted octanol–water partition coefficient (Wildman–Crippen LogP) is 3.32. The quantitative estimate of drug-likeness (QED) is 0.617. The lowest BCUT2D eigenvalue weighted by Gasteiger charge is -2.08. The summed E-state index contributed by atoms with van der Waals surface area (Å²) < 4.78 is 5.60. The summed E-state index contributed by atoms with van der Waals surface area (Å²) in [6.45, 7) is 2.11. The average Bonchev–Trinajstić information content (AvgIpc) is 2.27. The van der Waals surface area contributed by atoms with Crippen LogP contribution in [0, 0.1) is 0 Å². The van der Waals surface area contributed by atoms with Gasteiger partial charge in [-0.25, -0.2) is 0 Å². The SMILES string of the molecule is CCOC(=O)CCc1c(Br)cccc1C(=O)Cl. The first-order valence-electron chi connectivity index (χ1n) is 5.19. The van der Waals surface area contributed by atoms with Gasteiger partial charge < -0.3 is 4.74 Å². The van der Waals surface area contributed by atoms with Gasteiger partial charge in [0.25, 0.3) is 5.24 Å². The fraction of sp³-hybridized carbons (Fsp3) is 0.333. The summed E-state index contributed by atoms with van der Waals surface area (Å²) in [5.74, 6) is -0.281. The van der Waals surface area contributed by atoms with Gasteiger partial charge in [-0.3, -0.25) is 9.59 Å². The number of ether oxygens (including phenoxy) is 1. The van der Waals surface area contributed by atoms with Crippen LogP contribution in [0.25, 0.3) is 0 Å². The Bertz CT molecular complexity index is 432. The van der Waals surface area contributed by atoms with Crippen molar-refractivity contribution in [2.45, 2.75) is 19.8 Å². The highest BCUT2D eigenvalue weighted by Gasteiger charge is 2.13. The molecule has 1 aromatic rings. The first-order valence-corrected chi connectivity index (χ1v) is 6.36. The van der Waals surface area contributed by atoms with E-state index in [1.807, 2.05) is 6.07 Å². The summed E-state index contributed by atoms with van der Waals surface area (Å²) in [7, 11) is 0. The number of benzene rings is 1. The van der Waals surface area contributed by atoms with Crippen molar-refractivity contribution >= 4 is 38.7 Å². The van der Waals surface area contributed by atoms with Crippen LogP contribution in [0.2, 0.25) is 0 Å². The van der Waals surface area contributed by atoms with E-state index in [1.165, 1.54) is 0 Å². The van der Waals surface area contributed by atoms with Crippen LogP contribution in [0.15, 0.2) is 22.7 Å². The van der Waals surface area contributed by atoms with Crippen molar-refractivity contribution in [2.24, 2.45) is 0 Å². The van der Waals surface area contributed by atoms with Crippen LogP contribution in [-0.2, 0) is 16.0 Å². The van der Waals surface area contributed by atoms with Gasteiger partial charge >= 0.3 is 5.97 Å². The van der Waals surface area contributed by atoms with E-state index < -0.39 is 5.24 Å². The van der Waals surface area contributed by atoms with Crippen LogP contribution in [0.4, 0.5) is 0 Å². The summed E-state index contributed by atoms with van der Waals surface area (Å²) in [6.07, 6.45) is 0.654. The molecule has 1 aromatic carbocycles. The second-order valence-corrected chi connectivity index (χ2v) is 4.54. The number of halogens is 2. The zero-order chi connectivity index (χ0) is 12.8. The van der Waals surface area contributed by atoms with E-state index >= 15 is 0 Å². The van der Waals surface area contributed by atoms with Gasteiger partial charge in [0.1, 0.15) is 0 Å². The van der Waals surface area contributed by atoms with Gasteiger partial charge in [0.2, 0.25) is 0 Å². The van der Waals surface area contributed by atoms with E-state index in [-0.39, 0.29) is 12.4 Å². The molecule has 0 N–H and O–H groups in total. The summed E-state index contributed by atoms with van der Waals surface area (Å²) in [5.41, 5.74) is 1.16. The van der Waals surface area contributed by atoms with Gasteiger partial charge in [-0.15, -0.1) is 0 Å². The zero-order valence-electron chi connectivity index (χ0n) is 9.33. The molecule has 0 amide bonds. The van der Waals surface area contributed by atoms with Crippen LogP contribution in [0.5, 0.6) is 0 Å². The van der Waals surface area contributed by atoms with E-state index in [0.717, 1.165) is 10.0 Å². The molecule has 0 aliphatic heterocycles. The highest BCUT2D eigenvalue weighted by molar-refractivity contribution is 9.10. The molecule has 0 atom stereocenters. The Labute approximate surface area is 113 Å². The van der Waals surface area contributed by atoms with Crippen molar-refractivity contribution in [2.75, 3.05) is 6.61 Å². The lowest BCUT2D eigenvalue weighted by atomic mass is 10.0. The van der Waals surface area contributed by atoms with E-state index in [9.17, 15) is 9.59 Å². The Kier molecular flexibility index (Phi) is 5.65. The lowest BCUT2D eigenvalue weighted by molar-refractivity contribution is -0.143. The Morgan fingerprint density at radius 2 is 2.12 bits per heavy atom. The minimum Gasteiger partial charge on any atom is -0.466 e. The Morgan fingerprint density at radius 3 is 2.71 bits per heavy atom. The normalized spacial score (nSPS) is 10.1. The van der Waals surface area contributed by atoms with Crippen molar-refractivity contribution in [3.8, 4) is 0 Å². The maximum atomic E-state index is 11.3. The van der Waals surface area contributed by atoms with Gasteiger partial charge in [0.15, 0.2) is 0 Å². The third kappa shape index (κ3) is 4.13. The average molecular weight is 320 g/mol. The lowest BCUT2D eigenvalue weighted by Crippen LogP contribution is -2.07. The van der Waals surface area contributed by atoms with E-state index in [4.69, 9.17) is 16.3 Å². The smallest absolute Gasteiger partial charge is 0.306 e. The highest BCUT2D eigenvalue weighted by atomic mass is 79.9. The van der Waals surface area contributed by atoms with Crippen LogP contribution in [0.3, 0.4) is 0 Å². The number of carbonyl (C=O) groups is 2. The molecule has 0 saturated heterocycles. The maximum Gasteiger partial charge on any atom is 0.306 e. The molecule has 0 saturated carbocycles. The molecular formula is C12H12BrClO3. The van der Waals surface area contributed by atoms with Gasteiger partial charge in [-0.05, 0) is 42.6 Å². The molecule has 0 fully saturated rings. The Morgan fingerprint density at radius 1 is 1.41 bits per heavy atom. The maximum absolute atomic E-state index is 11.3. The number of hydrogen-bond donors (Lipinski definition) is 0. The van der Waals surface area contributed by atoms with E-state index in [2.05, 4.69) is 15.9 Å². The first-order chi connectivity index (χ1) is 8.06. The number of carbonyl (C=O) groups excluding carboxylic acids is 2. The van der Waals surface area contributed by atoms with Crippen LogP contribution in [-0.4, -0.2) is 17.8 Å².